The Morgan fingerprint density at radius 3 is 2.07 bits per heavy atom. The number of carboxylic acid groups (broad SMARTS) is 2. The number of anilines is 1. The fourth-order valence-corrected chi connectivity index (χ4v) is 5.39. The Morgan fingerprint density at radius 2 is 1.46 bits per heavy atom. The Hall–Kier alpha value is -5.09. The first-order valence-electron chi connectivity index (χ1n) is 12.9. The van der Waals surface area contributed by atoms with E-state index in [0.29, 0.717) is 28.1 Å². The summed E-state index contributed by atoms with van der Waals surface area (Å²) in [5.41, 5.74) is 0.987. The summed E-state index contributed by atoms with van der Waals surface area (Å²) in [6, 6.07) is 24.1. The molecular formula is C31H28N4O6. The van der Waals surface area contributed by atoms with Crippen LogP contribution in [0.2, 0.25) is 0 Å². The molecule has 3 N–H and O–H groups in total. The molecule has 41 heavy (non-hydrogen) atoms. The zero-order chi connectivity index (χ0) is 29.1. The van der Waals surface area contributed by atoms with Crippen molar-refractivity contribution >= 4 is 23.5 Å². The molecule has 10 nitrogen and oxygen atoms in total. The predicted molar refractivity (Wildman–Crippen MR) is 150 cm³/mol. The number of fused-ring (bicyclic) bond motifs is 1. The minimum absolute atomic E-state index is 0.135. The highest BCUT2D eigenvalue weighted by Gasteiger charge is 2.53. The Kier molecular flexibility index (Phi) is 7.50. The molecule has 0 radical (unpaired) electrons. The van der Waals surface area contributed by atoms with Crippen LogP contribution in [0, 0.1) is 13.8 Å². The standard InChI is InChI=1S/C31H28N4O6/c1-19-17-20(2)34-30(33-19)41-27(29(39)40)31(22-13-7-4-8-14-22)23-15-9-10-16-24(23)35(25(36)18-32-31)26(28(37)38)21-11-5-3-6-12-21/h3-17,26-27,32H,18H2,1-2H3,(H,37,38)(H,39,40)/t26-,27-,31+/m1/s1. The topological polar surface area (TPSA) is 142 Å². The van der Waals surface area contributed by atoms with E-state index in [9.17, 15) is 24.6 Å². The van der Waals surface area contributed by atoms with Crippen LogP contribution in [0.5, 0.6) is 6.01 Å². The summed E-state index contributed by atoms with van der Waals surface area (Å²) in [6.45, 7) is 3.10. The van der Waals surface area contributed by atoms with Gasteiger partial charge in [-0.3, -0.25) is 15.0 Å². The van der Waals surface area contributed by atoms with E-state index < -0.39 is 35.5 Å². The van der Waals surface area contributed by atoms with E-state index in [4.69, 9.17) is 4.74 Å². The van der Waals surface area contributed by atoms with E-state index in [0.717, 1.165) is 0 Å². The summed E-state index contributed by atoms with van der Waals surface area (Å²) < 4.78 is 6.08. The quantitative estimate of drug-likeness (QED) is 0.299. The molecule has 0 fully saturated rings. The molecule has 4 aromatic rings. The van der Waals surface area contributed by atoms with Crippen LogP contribution in [-0.2, 0) is 19.9 Å². The SMILES string of the molecule is Cc1cc(C)nc(O[C@H](C(=O)O)[C@@]2(c3ccccc3)NCC(=O)N([C@@H](C(=O)O)c3ccccc3)c3ccccc32)n1. The molecule has 5 rings (SSSR count). The van der Waals surface area contributed by atoms with E-state index in [1.165, 1.54) is 4.90 Å². The summed E-state index contributed by atoms with van der Waals surface area (Å²) >= 11 is 0. The maximum absolute atomic E-state index is 13.8. The van der Waals surface area contributed by atoms with Crippen molar-refractivity contribution in [3.05, 3.63) is 119 Å². The van der Waals surface area contributed by atoms with Crippen molar-refractivity contribution in [1.29, 1.82) is 0 Å². The van der Waals surface area contributed by atoms with Crippen LogP contribution in [0.4, 0.5) is 5.69 Å². The molecule has 1 amide bonds. The minimum Gasteiger partial charge on any atom is -0.479 e. The second-order valence-corrected chi connectivity index (χ2v) is 9.73. The first-order valence-corrected chi connectivity index (χ1v) is 12.9. The van der Waals surface area contributed by atoms with Crippen molar-refractivity contribution in [3.8, 4) is 6.01 Å². The number of amides is 1. The Labute approximate surface area is 236 Å². The monoisotopic (exact) mass is 552 g/mol. The second-order valence-electron chi connectivity index (χ2n) is 9.73. The van der Waals surface area contributed by atoms with Gasteiger partial charge >= 0.3 is 17.9 Å². The molecule has 3 atom stereocenters. The van der Waals surface area contributed by atoms with Gasteiger partial charge in [0.1, 0.15) is 5.54 Å². The van der Waals surface area contributed by atoms with Gasteiger partial charge in [-0.1, -0.05) is 78.9 Å². The van der Waals surface area contributed by atoms with Gasteiger partial charge in [-0.2, -0.15) is 0 Å². The number of carbonyl (C=O) groups is 3. The summed E-state index contributed by atoms with van der Waals surface area (Å²) in [5.74, 6) is -3.13. The lowest BCUT2D eigenvalue weighted by atomic mass is 9.77. The number of aliphatic carboxylic acids is 2. The first kappa shape index (κ1) is 27.5. The maximum Gasteiger partial charge on any atom is 0.347 e. The van der Waals surface area contributed by atoms with Crippen LogP contribution >= 0.6 is 0 Å². The van der Waals surface area contributed by atoms with Gasteiger partial charge in [-0.15, -0.1) is 0 Å². The third kappa shape index (κ3) is 5.12. The molecule has 0 spiro atoms. The van der Waals surface area contributed by atoms with Gasteiger partial charge in [-0.05, 0) is 37.1 Å². The zero-order valence-electron chi connectivity index (χ0n) is 22.4. The van der Waals surface area contributed by atoms with Crippen molar-refractivity contribution in [2.45, 2.75) is 31.5 Å². The van der Waals surface area contributed by atoms with Crippen LogP contribution in [0.15, 0.2) is 91.0 Å². The summed E-state index contributed by atoms with van der Waals surface area (Å²) in [5, 5.41) is 24.2. The van der Waals surface area contributed by atoms with Crippen LogP contribution < -0.4 is 15.0 Å². The van der Waals surface area contributed by atoms with Crippen molar-refractivity contribution in [3.63, 3.8) is 0 Å². The molecule has 1 aliphatic rings. The molecule has 10 heteroatoms. The largest absolute Gasteiger partial charge is 0.479 e. The van der Waals surface area contributed by atoms with Gasteiger partial charge in [0.25, 0.3) is 0 Å². The summed E-state index contributed by atoms with van der Waals surface area (Å²) in [6.07, 6.45) is -1.67. The number of nitrogens with one attached hydrogen (secondary N) is 1. The summed E-state index contributed by atoms with van der Waals surface area (Å²) in [4.78, 5) is 49.4. The minimum atomic E-state index is -1.67. The van der Waals surface area contributed by atoms with Crippen LogP contribution in [-0.4, -0.2) is 50.7 Å². The molecule has 2 heterocycles. The van der Waals surface area contributed by atoms with E-state index in [1.807, 2.05) is 0 Å². The van der Waals surface area contributed by atoms with E-state index in [1.54, 1.807) is 105 Å². The zero-order valence-corrected chi connectivity index (χ0v) is 22.4. The Balaban J connectivity index is 1.78. The Morgan fingerprint density at radius 1 is 0.878 bits per heavy atom. The Bertz CT molecular complexity index is 1580. The fraction of sp³-hybridized carbons (Fsp3) is 0.194. The lowest BCUT2D eigenvalue weighted by Gasteiger charge is -2.39. The number of carboxylic acids is 2. The highest BCUT2D eigenvalue weighted by molar-refractivity contribution is 6.02. The average molecular weight is 553 g/mol. The number of benzene rings is 3. The van der Waals surface area contributed by atoms with Crippen molar-refractivity contribution in [1.82, 2.24) is 15.3 Å². The third-order valence-electron chi connectivity index (χ3n) is 7.01. The molecule has 0 unspecified atom stereocenters. The highest BCUT2D eigenvalue weighted by Crippen LogP contribution is 2.44. The van der Waals surface area contributed by atoms with Crippen LogP contribution in [0.25, 0.3) is 0 Å². The normalized spacial score (nSPS) is 18.1. The molecule has 3 aromatic carbocycles. The molecule has 0 saturated carbocycles. The van der Waals surface area contributed by atoms with Gasteiger partial charge in [0.15, 0.2) is 6.04 Å². The van der Waals surface area contributed by atoms with Crippen molar-refractivity contribution < 1.29 is 29.3 Å². The maximum atomic E-state index is 13.8. The highest BCUT2D eigenvalue weighted by atomic mass is 16.5. The number of ether oxygens (including phenoxy) is 1. The molecule has 1 aliphatic heterocycles. The number of carbonyl (C=O) groups excluding carboxylic acids is 1. The van der Waals surface area contributed by atoms with Gasteiger partial charge in [0.05, 0.1) is 12.2 Å². The van der Waals surface area contributed by atoms with Gasteiger partial charge < -0.3 is 14.9 Å². The number of hydrogen-bond acceptors (Lipinski definition) is 7. The number of aromatic nitrogens is 2. The number of aryl methyl sites for hydroxylation is 2. The van der Waals surface area contributed by atoms with Crippen molar-refractivity contribution in [2.75, 3.05) is 11.4 Å². The third-order valence-corrected chi connectivity index (χ3v) is 7.01. The average Bonchev–Trinajstić information content (AvgIpc) is 3.07. The lowest BCUT2D eigenvalue weighted by molar-refractivity contribution is -0.149. The smallest absolute Gasteiger partial charge is 0.347 e. The van der Waals surface area contributed by atoms with Crippen LogP contribution in [0.3, 0.4) is 0 Å². The molecule has 1 aromatic heterocycles. The van der Waals surface area contributed by atoms with Gasteiger partial charge in [0, 0.05) is 17.0 Å². The fourth-order valence-electron chi connectivity index (χ4n) is 5.39. The predicted octanol–water partition coefficient (Wildman–Crippen LogP) is 3.63. The van der Waals surface area contributed by atoms with Gasteiger partial charge in [-0.25, -0.2) is 19.6 Å². The van der Waals surface area contributed by atoms with Crippen LogP contribution in [0.1, 0.15) is 34.1 Å². The molecule has 208 valence electrons. The first-order chi connectivity index (χ1) is 19.7. The second kappa shape index (κ2) is 11.2. The van der Waals surface area contributed by atoms with E-state index in [2.05, 4.69) is 15.3 Å². The van der Waals surface area contributed by atoms with Crippen molar-refractivity contribution in [2.24, 2.45) is 0 Å². The molecule has 0 aliphatic carbocycles. The number of hydrogen-bond donors (Lipinski definition) is 3. The van der Waals surface area contributed by atoms with Gasteiger partial charge in [0.2, 0.25) is 12.0 Å². The lowest BCUT2D eigenvalue weighted by Crippen LogP contribution is -2.58. The van der Waals surface area contributed by atoms with E-state index >= 15 is 0 Å². The number of rotatable bonds is 8. The number of nitrogens with zero attached hydrogens (tertiary/aromatic N) is 3. The summed E-state index contributed by atoms with van der Waals surface area (Å²) in [7, 11) is 0. The molecule has 0 bridgehead atoms. The van der Waals surface area contributed by atoms with E-state index in [-0.39, 0.29) is 18.2 Å². The molecular weight excluding hydrogens is 524 g/mol. The molecule has 0 saturated heterocycles. The number of para-hydroxylation sites is 1.